The maximum Gasteiger partial charge on any atom is 0.242 e. The number of nitrogens with zero attached hydrogens (tertiary/aromatic N) is 5. The predicted molar refractivity (Wildman–Crippen MR) is 167 cm³/mol. The van der Waals surface area contributed by atoms with E-state index < -0.39 is 0 Å². The van der Waals surface area contributed by atoms with Crippen LogP contribution in [-0.2, 0) is 17.9 Å². The van der Waals surface area contributed by atoms with Gasteiger partial charge in [-0.05, 0) is 85.7 Å². The fraction of sp³-hybridized carbons (Fsp3) is 0.242. The Kier molecular flexibility index (Phi) is 8.26. The Morgan fingerprint density at radius 1 is 1.09 bits per heavy atom. The molecule has 1 saturated heterocycles. The summed E-state index contributed by atoms with van der Waals surface area (Å²) in [5, 5.41) is 4.61. The number of amides is 1. The molecule has 0 aliphatic carbocycles. The molecular weight excluding hydrogens is 567 g/mol. The van der Waals surface area contributed by atoms with E-state index >= 15 is 0 Å². The third-order valence-electron chi connectivity index (χ3n) is 7.76. The number of nitrogens with one attached hydrogen (secondary N) is 1. The molecule has 1 N–H and O–H groups in total. The van der Waals surface area contributed by atoms with Crippen molar-refractivity contribution in [1.29, 1.82) is 0 Å². The first-order valence-corrected chi connectivity index (χ1v) is 14.5. The summed E-state index contributed by atoms with van der Waals surface area (Å²) < 4.78 is 21.2. The van der Waals surface area contributed by atoms with Gasteiger partial charge in [0, 0.05) is 42.6 Å². The average molecular weight is 599 g/mol. The van der Waals surface area contributed by atoms with Crippen LogP contribution in [0.25, 0.3) is 22.0 Å². The number of halogens is 2. The highest BCUT2D eigenvalue weighted by Gasteiger charge is 2.27. The summed E-state index contributed by atoms with van der Waals surface area (Å²) in [6.45, 7) is 2.09. The molecule has 3 heterocycles. The molecule has 1 amide bonds. The molecule has 6 rings (SSSR count). The fourth-order valence-electron chi connectivity index (χ4n) is 5.31. The Hall–Kier alpha value is -4.47. The monoisotopic (exact) mass is 598 g/mol. The van der Waals surface area contributed by atoms with Crippen LogP contribution in [0.4, 0.5) is 15.9 Å². The standard InChI is InChI=1S/C33H32ClFN6O2/c1-39(2)27-11-13-41(18-27)32(42)19-40-12-10-24(17-40)23-6-8-30-28(15-23)33(37-21-36-30)38-26-7-9-31(29(34)16-26)43-20-22-4-3-5-25(35)14-22/h3-10,12,14-17,21,27H,11,13,18-20H2,1-2H3,(H,36,37,38). The van der Waals surface area contributed by atoms with E-state index in [-0.39, 0.29) is 18.3 Å². The molecule has 8 nitrogen and oxygen atoms in total. The smallest absolute Gasteiger partial charge is 0.242 e. The van der Waals surface area contributed by atoms with Gasteiger partial charge in [-0.1, -0.05) is 29.8 Å². The molecule has 0 spiro atoms. The summed E-state index contributed by atoms with van der Waals surface area (Å²) in [6.07, 6.45) is 6.46. The normalized spacial score (nSPS) is 14.9. The van der Waals surface area contributed by atoms with E-state index in [0.717, 1.165) is 47.2 Å². The van der Waals surface area contributed by atoms with Gasteiger partial charge in [-0.15, -0.1) is 0 Å². The van der Waals surface area contributed by atoms with Crippen molar-refractivity contribution >= 4 is 39.9 Å². The first-order valence-electron chi connectivity index (χ1n) is 14.1. The number of likely N-dealkylation sites (N-methyl/N-ethyl adjacent to an activating group) is 1. The first-order chi connectivity index (χ1) is 20.8. The molecule has 1 unspecified atom stereocenters. The van der Waals surface area contributed by atoms with Crippen LogP contribution in [0.3, 0.4) is 0 Å². The minimum Gasteiger partial charge on any atom is -0.487 e. The van der Waals surface area contributed by atoms with Gasteiger partial charge < -0.3 is 24.4 Å². The number of aromatic nitrogens is 3. The zero-order chi connectivity index (χ0) is 29.9. The summed E-state index contributed by atoms with van der Waals surface area (Å²) in [6, 6.07) is 20.1. The highest BCUT2D eigenvalue weighted by Crippen LogP contribution is 2.32. The van der Waals surface area contributed by atoms with Crippen LogP contribution in [0.1, 0.15) is 12.0 Å². The second-order valence-corrected chi connectivity index (χ2v) is 11.4. The Bertz CT molecular complexity index is 1770. The molecule has 2 aromatic heterocycles. The molecule has 5 aromatic rings. The van der Waals surface area contributed by atoms with Crippen molar-refractivity contribution in [3.8, 4) is 16.9 Å². The summed E-state index contributed by atoms with van der Waals surface area (Å²) in [4.78, 5) is 26.0. The molecule has 10 heteroatoms. The topological polar surface area (TPSA) is 75.5 Å². The predicted octanol–water partition coefficient (Wildman–Crippen LogP) is 6.38. The average Bonchev–Trinajstić information content (AvgIpc) is 3.68. The molecular formula is C33H32ClFN6O2. The molecule has 0 radical (unpaired) electrons. The van der Waals surface area contributed by atoms with Crippen LogP contribution < -0.4 is 10.1 Å². The fourth-order valence-corrected chi connectivity index (χ4v) is 5.55. The van der Waals surface area contributed by atoms with Crippen LogP contribution in [0.15, 0.2) is 85.5 Å². The number of rotatable bonds is 9. The van der Waals surface area contributed by atoms with Crippen LogP contribution in [0.5, 0.6) is 5.75 Å². The summed E-state index contributed by atoms with van der Waals surface area (Å²) in [5.74, 6) is 0.955. The number of carbonyl (C=O) groups is 1. The number of hydrogen-bond acceptors (Lipinski definition) is 6. The number of ether oxygens (including phenoxy) is 1. The van der Waals surface area contributed by atoms with Crippen molar-refractivity contribution in [1.82, 2.24) is 24.3 Å². The molecule has 1 aliphatic heterocycles. The van der Waals surface area contributed by atoms with Crippen LogP contribution in [-0.4, -0.2) is 63.5 Å². The lowest BCUT2D eigenvalue weighted by Crippen LogP contribution is -2.35. The molecule has 1 aliphatic rings. The SMILES string of the molecule is CN(C)C1CCN(C(=O)Cn2ccc(-c3ccc4ncnc(Nc5ccc(OCc6cccc(F)c6)c(Cl)c5)c4c3)c2)C1. The van der Waals surface area contributed by atoms with Gasteiger partial charge in [0.25, 0.3) is 0 Å². The van der Waals surface area contributed by atoms with Gasteiger partial charge in [-0.25, -0.2) is 14.4 Å². The Labute approximate surface area is 254 Å². The minimum absolute atomic E-state index is 0.133. The van der Waals surface area contributed by atoms with Crippen molar-refractivity contribution in [3.05, 3.63) is 102 Å². The number of likely N-dealkylation sites (tertiary alicyclic amines) is 1. The van der Waals surface area contributed by atoms with Crippen molar-refractivity contribution in [2.24, 2.45) is 0 Å². The van der Waals surface area contributed by atoms with Crippen molar-refractivity contribution < 1.29 is 13.9 Å². The number of carbonyl (C=O) groups excluding carboxylic acids is 1. The van der Waals surface area contributed by atoms with Gasteiger partial charge in [-0.3, -0.25) is 4.79 Å². The van der Waals surface area contributed by atoms with Crippen LogP contribution >= 0.6 is 11.6 Å². The van der Waals surface area contributed by atoms with Crippen LogP contribution in [0, 0.1) is 5.82 Å². The molecule has 0 bridgehead atoms. The van der Waals surface area contributed by atoms with Crippen molar-refractivity contribution in [3.63, 3.8) is 0 Å². The third kappa shape index (κ3) is 6.63. The highest BCUT2D eigenvalue weighted by molar-refractivity contribution is 6.32. The van der Waals surface area contributed by atoms with E-state index in [1.165, 1.54) is 18.5 Å². The Morgan fingerprint density at radius 3 is 2.77 bits per heavy atom. The maximum absolute atomic E-state index is 13.5. The lowest BCUT2D eigenvalue weighted by atomic mass is 10.1. The van der Waals surface area contributed by atoms with E-state index in [9.17, 15) is 9.18 Å². The van der Waals surface area contributed by atoms with Crippen LogP contribution in [0.2, 0.25) is 5.02 Å². The quantitative estimate of drug-likeness (QED) is 0.212. The number of hydrogen-bond donors (Lipinski definition) is 1. The number of benzene rings is 3. The lowest BCUT2D eigenvalue weighted by Gasteiger charge is -2.20. The Morgan fingerprint density at radius 2 is 1.98 bits per heavy atom. The van der Waals surface area contributed by atoms with E-state index in [4.69, 9.17) is 16.3 Å². The second kappa shape index (κ2) is 12.4. The van der Waals surface area contributed by atoms with Crippen molar-refractivity contribution in [2.75, 3.05) is 32.5 Å². The summed E-state index contributed by atoms with van der Waals surface area (Å²) in [5.41, 5.74) is 4.23. The van der Waals surface area contributed by atoms with Gasteiger partial charge in [0.15, 0.2) is 0 Å². The van der Waals surface area contributed by atoms with Gasteiger partial charge >= 0.3 is 0 Å². The lowest BCUT2D eigenvalue weighted by molar-refractivity contribution is -0.130. The third-order valence-corrected chi connectivity index (χ3v) is 8.06. The first kappa shape index (κ1) is 28.6. The zero-order valence-electron chi connectivity index (χ0n) is 24.0. The molecule has 0 saturated carbocycles. The molecule has 1 atom stereocenters. The highest BCUT2D eigenvalue weighted by atomic mass is 35.5. The van der Waals surface area contributed by atoms with Gasteiger partial charge in [0.1, 0.15) is 36.9 Å². The maximum atomic E-state index is 13.5. The minimum atomic E-state index is -0.310. The van der Waals surface area contributed by atoms with E-state index in [1.54, 1.807) is 24.3 Å². The second-order valence-electron chi connectivity index (χ2n) is 11.0. The molecule has 3 aromatic carbocycles. The summed E-state index contributed by atoms with van der Waals surface area (Å²) >= 11 is 6.51. The number of fused-ring (bicyclic) bond motifs is 1. The van der Waals surface area contributed by atoms with E-state index in [1.807, 2.05) is 52.2 Å². The van der Waals surface area contributed by atoms with E-state index in [0.29, 0.717) is 34.7 Å². The van der Waals surface area contributed by atoms with Crippen molar-refractivity contribution in [2.45, 2.75) is 25.6 Å². The van der Waals surface area contributed by atoms with E-state index in [2.05, 4.69) is 34.3 Å². The largest absolute Gasteiger partial charge is 0.487 e. The number of anilines is 2. The molecule has 1 fully saturated rings. The van der Waals surface area contributed by atoms with Gasteiger partial charge in [0.2, 0.25) is 5.91 Å². The van der Waals surface area contributed by atoms with Gasteiger partial charge in [-0.2, -0.15) is 0 Å². The Balaban J connectivity index is 1.15. The molecule has 43 heavy (non-hydrogen) atoms. The zero-order valence-corrected chi connectivity index (χ0v) is 24.8. The molecule has 220 valence electrons. The summed E-state index contributed by atoms with van der Waals surface area (Å²) in [7, 11) is 4.12. The van der Waals surface area contributed by atoms with Gasteiger partial charge in [0.05, 0.1) is 10.5 Å².